The van der Waals surface area contributed by atoms with Gasteiger partial charge in [-0.05, 0) is 36.6 Å². The van der Waals surface area contributed by atoms with E-state index < -0.39 is 23.3 Å². The highest BCUT2D eigenvalue weighted by Crippen LogP contribution is 2.34. The molecule has 112 valence electrons. The standard InChI is InChI=1S/C14H12F3NO2S/c1-8(12-3-2-6-21-12)18-9-4-5-11(14(15,16)17)10(7-9)13(19)20/h2-8,18H,1H3,(H,19,20). The Bertz CT molecular complexity index is 638. The third kappa shape index (κ3) is 3.55. The van der Waals surface area contributed by atoms with Crippen molar-refractivity contribution in [2.45, 2.75) is 19.1 Å². The zero-order valence-electron chi connectivity index (χ0n) is 10.9. The number of anilines is 1. The number of halogens is 3. The molecule has 0 saturated carbocycles. The van der Waals surface area contributed by atoms with Crippen LogP contribution < -0.4 is 5.32 Å². The topological polar surface area (TPSA) is 49.3 Å². The monoisotopic (exact) mass is 315 g/mol. The molecule has 0 spiro atoms. The highest BCUT2D eigenvalue weighted by atomic mass is 32.1. The maximum absolute atomic E-state index is 12.7. The predicted octanol–water partition coefficient (Wildman–Crippen LogP) is 4.64. The second-order valence-electron chi connectivity index (χ2n) is 4.44. The van der Waals surface area contributed by atoms with Gasteiger partial charge in [-0.15, -0.1) is 11.3 Å². The minimum atomic E-state index is -4.69. The van der Waals surface area contributed by atoms with Crippen molar-refractivity contribution < 1.29 is 23.1 Å². The average molecular weight is 315 g/mol. The van der Waals surface area contributed by atoms with Crippen LogP contribution in [0.3, 0.4) is 0 Å². The molecule has 1 aromatic carbocycles. The van der Waals surface area contributed by atoms with E-state index in [1.54, 1.807) is 0 Å². The molecule has 0 amide bonds. The van der Waals surface area contributed by atoms with Crippen molar-refractivity contribution in [1.82, 2.24) is 0 Å². The number of carbonyl (C=O) groups is 1. The lowest BCUT2D eigenvalue weighted by molar-refractivity contribution is -0.138. The highest BCUT2D eigenvalue weighted by Gasteiger charge is 2.35. The molecule has 1 unspecified atom stereocenters. The maximum atomic E-state index is 12.7. The molecular weight excluding hydrogens is 303 g/mol. The molecule has 7 heteroatoms. The molecule has 2 N–H and O–H groups in total. The van der Waals surface area contributed by atoms with Gasteiger partial charge < -0.3 is 10.4 Å². The van der Waals surface area contributed by atoms with Crippen molar-refractivity contribution in [1.29, 1.82) is 0 Å². The van der Waals surface area contributed by atoms with Gasteiger partial charge in [-0.25, -0.2) is 4.79 Å². The number of alkyl halides is 3. The molecule has 0 bridgehead atoms. The maximum Gasteiger partial charge on any atom is 0.417 e. The van der Waals surface area contributed by atoms with Crippen LogP contribution in [-0.2, 0) is 6.18 Å². The Hall–Kier alpha value is -2.02. The Morgan fingerprint density at radius 1 is 1.33 bits per heavy atom. The number of thiophene rings is 1. The molecule has 0 radical (unpaired) electrons. The first-order valence-electron chi connectivity index (χ1n) is 6.03. The molecule has 21 heavy (non-hydrogen) atoms. The minimum absolute atomic E-state index is 0.122. The highest BCUT2D eigenvalue weighted by molar-refractivity contribution is 7.10. The molecule has 1 aromatic heterocycles. The second-order valence-corrected chi connectivity index (χ2v) is 5.42. The van der Waals surface area contributed by atoms with Gasteiger partial charge in [0.1, 0.15) is 0 Å². The van der Waals surface area contributed by atoms with Crippen molar-refractivity contribution >= 4 is 23.0 Å². The quantitative estimate of drug-likeness (QED) is 0.864. The molecule has 0 aliphatic rings. The van der Waals surface area contributed by atoms with Crippen LogP contribution in [0.25, 0.3) is 0 Å². The number of aromatic carboxylic acids is 1. The van der Waals surface area contributed by atoms with Crippen LogP contribution in [0.5, 0.6) is 0 Å². The zero-order chi connectivity index (χ0) is 15.6. The molecule has 1 atom stereocenters. The van der Waals surface area contributed by atoms with Gasteiger partial charge >= 0.3 is 12.1 Å². The first-order valence-corrected chi connectivity index (χ1v) is 6.91. The molecule has 2 rings (SSSR count). The van der Waals surface area contributed by atoms with Crippen LogP contribution in [0.2, 0.25) is 0 Å². The van der Waals surface area contributed by atoms with Crippen LogP contribution in [0.1, 0.15) is 33.8 Å². The Balaban J connectivity index is 2.30. The minimum Gasteiger partial charge on any atom is -0.478 e. The molecule has 0 saturated heterocycles. The van der Waals surface area contributed by atoms with Crippen LogP contribution in [0, 0.1) is 0 Å². The van der Waals surface area contributed by atoms with Gasteiger partial charge in [0, 0.05) is 10.6 Å². The normalized spacial score (nSPS) is 13.0. The fraction of sp³-hybridized carbons (Fsp3) is 0.214. The average Bonchev–Trinajstić information content (AvgIpc) is 2.91. The fourth-order valence-electron chi connectivity index (χ4n) is 1.92. The van der Waals surface area contributed by atoms with Gasteiger partial charge in [0.05, 0.1) is 17.2 Å². The van der Waals surface area contributed by atoms with E-state index in [-0.39, 0.29) is 6.04 Å². The van der Waals surface area contributed by atoms with Crippen LogP contribution in [-0.4, -0.2) is 11.1 Å². The van der Waals surface area contributed by atoms with E-state index in [0.717, 1.165) is 17.0 Å². The van der Waals surface area contributed by atoms with Gasteiger partial charge in [-0.2, -0.15) is 13.2 Å². The van der Waals surface area contributed by atoms with Crippen LogP contribution in [0.15, 0.2) is 35.7 Å². The van der Waals surface area contributed by atoms with E-state index in [9.17, 15) is 18.0 Å². The van der Waals surface area contributed by atoms with Crippen molar-refractivity contribution in [3.8, 4) is 0 Å². The molecular formula is C14H12F3NO2S. The molecule has 0 aliphatic heterocycles. The van der Waals surface area contributed by atoms with Gasteiger partial charge in [-0.3, -0.25) is 0 Å². The number of nitrogens with one attached hydrogen (secondary N) is 1. The molecule has 0 fully saturated rings. The van der Waals surface area contributed by atoms with E-state index in [1.165, 1.54) is 17.4 Å². The third-order valence-corrected chi connectivity index (χ3v) is 3.96. The lowest BCUT2D eigenvalue weighted by Gasteiger charge is -2.16. The fourth-order valence-corrected chi connectivity index (χ4v) is 2.65. The van der Waals surface area contributed by atoms with E-state index in [0.29, 0.717) is 5.69 Å². The van der Waals surface area contributed by atoms with E-state index in [1.807, 2.05) is 24.4 Å². The Kier molecular flexibility index (Phi) is 4.22. The summed E-state index contributed by atoms with van der Waals surface area (Å²) in [4.78, 5) is 12.0. The van der Waals surface area contributed by atoms with Gasteiger partial charge in [0.25, 0.3) is 0 Å². The zero-order valence-corrected chi connectivity index (χ0v) is 11.8. The number of hydrogen-bond acceptors (Lipinski definition) is 3. The smallest absolute Gasteiger partial charge is 0.417 e. The lowest BCUT2D eigenvalue weighted by Crippen LogP contribution is -2.14. The first kappa shape index (κ1) is 15.4. The molecule has 3 nitrogen and oxygen atoms in total. The predicted molar refractivity (Wildman–Crippen MR) is 74.8 cm³/mol. The van der Waals surface area contributed by atoms with Crippen molar-refractivity contribution in [3.63, 3.8) is 0 Å². The van der Waals surface area contributed by atoms with E-state index in [4.69, 9.17) is 5.11 Å². The van der Waals surface area contributed by atoms with Gasteiger partial charge in [0.15, 0.2) is 0 Å². The summed E-state index contributed by atoms with van der Waals surface area (Å²) in [5.74, 6) is -1.60. The number of rotatable bonds is 4. The van der Waals surface area contributed by atoms with Crippen molar-refractivity contribution in [2.75, 3.05) is 5.32 Å². The number of carboxylic acid groups (broad SMARTS) is 1. The summed E-state index contributed by atoms with van der Waals surface area (Å²) in [7, 11) is 0. The van der Waals surface area contributed by atoms with E-state index in [2.05, 4.69) is 5.32 Å². The summed E-state index contributed by atoms with van der Waals surface area (Å²) < 4.78 is 38.2. The summed E-state index contributed by atoms with van der Waals surface area (Å²) in [6.45, 7) is 1.85. The molecule has 1 heterocycles. The number of hydrogen-bond donors (Lipinski definition) is 2. The molecule has 0 aliphatic carbocycles. The molecule has 2 aromatic rings. The summed E-state index contributed by atoms with van der Waals surface area (Å²) in [6, 6.07) is 6.67. The third-order valence-electron chi connectivity index (χ3n) is 2.91. The Morgan fingerprint density at radius 3 is 2.57 bits per heavy atom. The largest absolute Gasteiger partial charge is 0.478 e. The lowest BCUT2D eigenvalue weighted by atomic mass is 10.1. The van der Waals surface area contributed by atoms with Gasteiger partial charge in [-0.1, -0.05) is 6.07 Å². The summed E-state index contributed by atoms with van der Waals surface area (Å²) in [6.07, 6.45) is -4.69. The summed E-state index contributed by atoms with van der Waals surface area (Å²) in [5.41, 5.74) is -1.57. The summed E-state index contributed by atoms with van der Waals surface area (Å²) >= 11 is 1.51. The van der Waals surface area contributed by atoms with Gasteiger partial charge in [0.2, 0.25) is 0 Å². The number of carboxylic acids is 1. The van der Waals surface area contributed by atoms with Crippen LogP contribution in [0.4, 0.5) is 18.9 Å². The Labute approximate surface area is 123 Å². The van der Waals surface area contributed by atoms with E-state index >= 15 is 0 Å². The Morgan fingerprint density at radius 2 is 2.05 bits per heavy atom. The first-order chi connectivity index (χ1) is 9.79. The van der Waals surface area contributed by atoms with Crippen molar-refractivity contribution in [3.05, 3.63) is 51.7 Å². The van der Waals surface area contributed by atoms with Crippen molar-refractivity contribution in [2.24, 2.45) is 0 Å². The SMILES string of the molecule is CC(Nc1ccc(C(F)(F)F)c(C(=O)O)c1)c1cccs1. The van der Waals surface area contributed by atoms with Crippen LogP contribution >= 0.6 is 11.3 Å². The number of benzene rings is 1. The summed E-state index contributed by atoms with van der Waals surface area (Å²) in [5, 5.41) is 13.8. The second kappa shape index (κ2) is 5.77.